The molecule has 6 atom stereocenters. The predicted molar refractivity (Wildman–Crippen MR) is 159 cm³/mol. The molecule has 2 aromatic rings. The minimum absolute atomic E-state index is 0.304. The number of fused-ring (bicyclic) bond motifs is 1. The van der Waals surface area contributed by atoms with E-state index < -0.39 is 40.7 Å². The van der Waals surface area contributed by atoms with Crippen LogP contribution in [0.5, 0.6) is 5.75 Å². The van der Waals surface area contributed by atoms with Gasteiger partial charge in [-0.05, 0) is 83.2 Å². The molecule has 0 saturated carbocycles. The summed E-state index contributed by atoms with van der Waals surface area (Å²) in [7, 11) is 0. The summed E-state index contributed by atoms with van der Waals surface area (Å²) in [5, 5.41) is 16.7. The monoisotopic (exact) mass is 577 g/mol. The number of likely N-dealkylation sites (tertiary alicyclic amines) is 1. The molecule has 0 aliphatic carbocycles. The number of aliphatic hydroxyl groups is 1. The molecule has 3 saturated heterocycles. The molecule has 1 spiro atoms. The SMILES string of the molecule is CCOc1ccc(NC(=O)[C@H]2[C@H]3C(=O)N([C@@H](CO)Cc4ccccc4)C(C(=O)NC(C)(C)C)C34CC[C@]2(CC)O4)cc1. The van der Waals surface area contributed by atoms with Crippen molar-refractivity contribution in [2.45, 2.75) is 89.1 Å². The lowest BCUT2D eigenvalue weighted by molar-refractivity contribution is -0.150. The molecule has 3 aliphatic heterocycles. The summed E-state index contributed by atoms with van der Waals surface area (Å²) in [6.45, 7) is 9.76. The highest BCUT2D eigenvalue weighted by atomic mass is 16.5. The van der Waals surface area contributed by atoms with Crippen LogP contribution in [0.2, 0.25) is 0 Å². The number of hydrogen-bond acceptors (Lipinski definition) is 6. The smallest absolute Gasteiger partial charge is 0.246 e. The first kappa shape index (κ1) is 30.0. The van der Waals surface area contributed by atoms with Gasteiger partial charge < -0.3 is 30.1 Å². The molecule has 0 aromatic heterocycles. The number of nitrogens with one attached hydrogen (secondary N) is 2. The van der Waals surface area contributed by atoms with Crippen LogP contribution in [0.4, 0.5) is 5.69 Å². The summed E-state index contributed by atoms with van der Waals surface area (Å²) in [6, 6.07) is 15.1. The van der Waals surface area contributed by atoms with Gasteiger partial charge in [0.05, 0.1) is 36.7 Å². The second-order valence-corrected chi connectivity index (χ2v) is 12.8. The Labute approximate surface area is 248 Å². The molecule has 0 radical (unpaired) electrons. The second kappa shape index (κ2) is 11.3. The maximum atomic E-state index is 14.5. The highest BCUT2D eigenvalue weighted by Gasteiger charge is 2.79. The Hall–Kier alpha value is -3.43. The Kier molecular flexibility index (Phi) is 8.11. The molecule has 2 aromatic carbocycles. The molecule has 3 N–H and O–H groups in total. The molecule has 3 amide bonds. The summed E-state index contributed by atoms with van der Waals surface area (Å²) >= 11 is 0. The fourth-order valence-corrected chi connectivity index (χ4v) is 7.34. The first-order chi connectivity index (χ1) is 20.0. The van der Waals surface area contributed by atoms with Crippen molar-refractivity contribution >= 4 is 23.4 Å². The van der Waals surface area contributed by atoms with Crippen molar-refractivity contribution in [3.05, 3.63) is 60.2 Å². The zero-order valence-electron chi connectivity index (χ0n) is 25.2. The number of carbonyl (C=O) groups is 3. The van der Waals surface area contributed by atoms with Crippen LogP contribution in [0.25, 0.3) is 0 Å². The van der Waals surface area contributed by atoms with Crippen molar-refractivity contribution in [1.82, 2.24) is 10.2 Å². The van der Waals surface area contributed by atoms with Crippen LogP contribution in [0, 0.1) is 11.8 Å². The van der Waals surface area contributed by atoms with Gasteiger partial charge >= 0.3 is 0 Å². The molecule has 2 bridgehead atoms. The summed E-state index contributed by atoms with van der Waals surface area (Å²) in [6.07, 6.45) is 1.94. The highest BCUT2D eigenvalue weighted by Crippen LogP contribution is 2.64. The van der Waals surface area contributed by atoms with Gasteiger partial charge in [-0.15, -0.1) is 0 Å². The van der Waals surface area contributed by atoms with E-state index in [4.69, 9.17) is 9.47 Å². The van der Waals surface area contributed by atoms with E-state index in [-0.39, 0.29) is 24.3 Å². The van der Waals surface area contributed by atoms with E-state index in [1.54, 1.807) is 24.3 Å². The van der Waals surface area contributed by atoms with Crippen LogP contribution in [0.15, 0.2) is 54.6 Å². The third-order valence-electron chi connectivity index (χ3n) is 9.00. The number of carbonyl (C=O) groups excluding carboxylic acids is 3. The van der Waals surface area contributed by atoms with Gasteiger partial charge in [-0.25, -0.2) is 0 Å². The Morgan fingerprint density at radius 3 is 2.36 bits per heavy atom. The summed E-state index contributed by atoms with van der Waals surface area (Å²) in [4.78, 5) is 44.2. The lowest BCUT2D eigenvalue weighted by Crippen LogP contribution is -2.60. The fourth-order valence-electron chi connectivity index (χ4n) is 7.34. The van der Waals surface area contributed by atoms with Crippen molar-refractivity contribution in [3.63, 3.8) is 0 Å². The molecule has 3 aliphatic rings. The average Bonchev–Trinajstić information content (AvgIpc) is 3.56. The number of anilines is 1. The lowest BCUT2D eigenvalue weighted by atomic mass is 9.65. The van der Waals surface area contributed by atoms with Crippen LogP contribution in [0.3, 0.4) is 0 Å². The van der Waals surface area contributed by atoms with Crippen molar-refractivity contribution in [2.75, 3.05) is 18.5 Å². The number of ether oxygens (including phenoxy) is 2. The quantitative estimate of drug-likeness (QED) is 0.397. The van der Waals surface area contributed by atoms with E-state index in [1.807, 2.05) is 65.0 Å². The normalized spacial score (nSPS) is 28.9. The molecule has 3 heterocycles. The lowest BCUT2D eigenvalue weighted by Gasteiger charge is -2.38. The van der Waals surface area contributed by atoms with Crippen LogP contribution in [-0.2, 0) is 25.5 Å². The van der Waals surface area contributed by atoms with Gasteiger partial charge in [0.1, 0.15) is 17.4 Å². The van der Waals surface area contributed by atoms with Crippen molar-refractivity contribution < 1.29 is 29.0 Å². The molecular weight excluding hydrogens is 534 g/mol. The third-order valence-corrected chi connectivity index (χ3v) is 9.00. The number of benzene rings is 2. The molecule has 3 fully saturated rings. The summed E-state index contributed by atoms with van der Waals surface area (Å²) < 4.78 is 12.4. The first-order valence-electron chi connectivity index (χ1n) is 15.0. The summed E-state index contributed by atoms with van der Waals surface area (Å²) in [5.74, 6) is -1.90. The van der Waals surface area contributed by atoms with Crippen LogP contribution < -0.4 is 15.4 Å². The topological polar surface area (TPSA) is 117 Å². The minimum atomic E-state index is -1.17. The predicted octanol–water partition coefficient (Wildman–Crippen LogP) is 3.70. The van der Waals surface area contributed by atoms with Gasteiger partial charge in [-0.1, -0.05) is 37.3 Å². The molecule has 5 rings (SSSR count). The first-order valence-corrected chi connectivity index (χ1v) is 15.0. The molecular formula is C33H43N3O6. The molecule has 9 nitrogen and oxygen atoms in total. The molecule has 9 heteroatoms. The van der Waals surface area contributed by atoms with Crippen molar-refractivity contribution in [2.24, 2.45) is 11.8 Å². The maximum Gasteiger partial charge on any atom is 0.246 e. The minimum Gasteiger partial charge on any atom is -0.494 e. The Morgan fingerprint density at radius 2 is 1.76 bits per heavy atom. The summed E-state index contributed by atoms with van der Waals surface area (Å²) in [5.41, 5.74) is -1.07. The van der Waals surface area contributed by atoms with Gasteiger partial charge in [0, 0.05) is 11.2 Å². The van der Waals surface area contributed by atoms with E-state index in [1.165, 1.54) is 4.90 Å². The largest absolute Gasteiger partial charge is 0.494 e. The number of nitrogens with zero attached hydrogens (tertiary/aromatic N) is 1. The van der Waals surface area contributed by atoms with Crippen LogP contribution >= 0.6 is 0 Å². The standard InChI is InChI=1S/C33H43N3O6/c1-6-32-17-18-33(42-32)26(25(32)28(38)34-22-13-15-24(16-14-22)41-7-2)30(40)36(27(33)29(39)35-31(3,4)5)23(20-37)19-21-11-9-8-10-12-21/h8-16,23,25-27,37H,6-7,17-20H2,1-5H3,(H,34,38)(H,35,39)/t23-,25-,26+,27?,32+,33?/m1/s1. The number of hydrogen-bond donors (Lipinski definition) is 3. The van der Waals surface area contributed by atoms with Gasteiger partial charge in [0.25, 0.3) is 0 Å². The third kappa shape index (κ3) is 5.17. The van der Waals surface area contributed by atoms with E-state index in [2.05, 4.69) is 10.6 Å². The Balaban J connectivity index is 1.53. The van der Waals surface area contributed by atoms with Gasteiger partial charge in [0.2, 0.25) is 17.7 Å². The van der Waals surface area contributed by atoms with E-state index in [9.17, 15) is 19.5 Å². The zero-order chi connectivity index (χ0) is 30.3. The van der Waals surface area contributed by atoms with E-state index >= 15 is 0 Å². The van der Waals surface area contributed by atoms with Crippen molar-refractivity contribution in [3.8, 4) is 5.75 Å². The van der Waals surface area contributed by atoms with Crippen molar-refractivity contribution in [1.29, 1.82) is 0 Å². The molecule has 42 heavy (non-hydrogen) atoms. The van der Waals surface area contributed by atoms with Gasteiger partial charge in [-0.2, -0.15) is 0 Å². The number of aliphatic hydroxyl groups excluding tert-OH is 1. The highest BCUT2D eigenvalue weighted by molar-refractivity contribution is 6.02. The average molecular weight is 578 g/mol. The fraction of sp³-hybridized carbons (Fsp3) is 0.545. The number of amides is 3. The Bertz CT molecular complexity index is 1310. The number of rotatable bonds is 10. The molecule has 226 valence electrons. The van der Waals surface area contributed by atoms with Crippen LogP contribution in [-0.4, -0.2) is 69.8 Å². The molecule has 2 unspecified atom stereocenters. The second-order valence-electron chi connectivity index (χ2n) is 12.8. The Morgan fingerprint density at radius 1 is 1.07 bits per heavy atom. The van der Waals surface area contributed by atoms with Gasteiger partial charge in [0.15, 0.2) is 0 Å². The maximum absolute atomic E-state index is 14.5. The zero-order valence-corrected chi connectivity index (χ0v) is 25.2. The van der Waals surface area contributed by atoms with E-state index in [0.29, 0.717) is 43.7 Å². The van der Waals surface area contributed by atoms with Crippen LogP contribution in [0.1, 0.15) is 59.4 Å². The van der Waals surface area contributed by atoms with E-state index in [0.717, 1.165) is 5.56 Å². The van der Waals surface area contributed by atoms with Gasteiger partial charge in [-0.3, -0.25) is 14.4 Å².